The number of nitrogens with two attached hydrogens (primary N) is 1. The molecule has 7 heteroatoms. The van der Waals surface area contributed by atoms with Gasteiger partial charge >= 0.3 is 0 Å². The number of aromatic nitrogens is 1. The van der Waals surface area contributed by atoms with Crippen molar-refractivity contribution in [3.8, 4) is 0 Å². The monoisotopic (exact) mass is 449 g/mol. The quantitative estimate of drug-likeness (QED) is 0.720. The van der Waals surface area contributed by atoms with E-state index < -0.39 is 0 Å². The molecule has 0 unspecified atom stereocenters. The number of amides is 1. The van der Waals surface area contributed by atoms with Crippen LogP contribution in [0.3, 0.4) is 0 Å². The van der Waals surface area contributed by atoms with E-state index in [1.165, 1.54) is 0 Å². The molecule has 0 radical (unpaired) electrons. The third-order valence-electron chi connectivity index (χ3n) is 2.50. The molecule has 2 rings (SSSR count). The lowest BCUT2D eigenvalue weighted by Crippen LogP contribution is -2.16. The number of anilines is 2. The van der Waals surface area contributed by atoms with Crippen LogP contribution in [0, 0.1) is 0 Å². The first-order chi connectivity index (χ1) is 8.88. The fourth-order valence-electron chi connectivity index (χ4n) is 1.66. The molecule has 1 aromatic carbocycles. The molecule has 100 valence electrons. The Kier molecular flexibility index (Phi) is 4.37. The van der Waals surface area contributed by atoms with E-state index in [2.05, 4.69) is 53.1 Å². The Labute approximate surface area is 135 Å². The van der Waals surface area contributed by atoms with Crippen LogP contribution in [0.15, 0.2) is 37.8 Å². The van der Waals surface area contributed by atoms with Crippen molar-refractivity contribution in [3.63, 3.8) is 0 Å². The number of nitrogen functional groups attached to an aromatic ring is 1. The highest BCUT2D eigenvalue weighted by molar-refractivity contribution is 9.11. The van der Waals surface area contributed by atoms with E-state index in [0.717, 1.165) is 13.4 Å². The summed E-state index contributed by atoms with van der Waals surface area (Å²) in [5.41, 5.74) is 7.40. The van der Waals surface area contributed by atoms with E-state index in [1.54, 1.807) is 23.9 Å². The maximum atomic E-state index is 12.2. The lowest BCUT2D eigenvalue weighted by molar-refractivity contribution is 0.101. The molecule has 3 N–H and O–H groups in total. The molecule has 2 aromatic rings. The van der Waals surface area contributed by atoms with Gasteiger partial charge in [0.25, 0.3) is 5.91 Å². The van der Waals surface area contributed by atoms with Crippen LogP contribution in [0.25, 0.3) is 0 Å². The van der Waals surface area contributed by atoms with Crippen molar-refractivity contribution in [2.45, 2.75) is 0 Å². The fourth-order valence-corrected chi connectivity index (χ4v) is 4.11. The Morgan fingerprint density at radius 2 is 1.79 bits per heavy atom. The highest BCUT2D eigenvalue weighted by atomic mass is 79.9. The highest BCUT2D eigenvalue weighted by Gasteiger charge is 2.15. The number of nitrogens with zero attached hydrogens (tertiary/aromatic N) is 1. The summed E-state index contributed by atoms with van der Waals surface area (Å²) in [4.78, 5) is 12.2. The molecular weight excluding hydrogens is 442 g/mol. The van der Waals surface area contributed by atoms with Crippen molar-refractivity contribution < 1.29 is 4.79 Å². The predicted molar refractivity (Wildman–Crippen MR) is 87.3 cm³/mol. The zero-order valence-corrected chi connectivity index (χ0v) is 14.6. The lowest BCUT2D eigenvalue weighted by atomic mass is 10.3. The maximum Gasteiger partial charge on any atom is 0.272 e. The molecule has 0 bridgehead atoms. The van der Waals surface area contributed by atoms with Crippen LogP contribution >= 0.6 is 47.8 Å². The van der Waals surface area contributed by atoms with Gasteiger partial charge in [-0.1, -0.05) is 15.9 Å². The van der Waals surface area contributed by atoms with Crippen molar-refractivity contribution in [2.75, 3.05) is 11.1 Å². The van der Waals surface area contributed by atoms with E-state index in [-0.39, 0.29) is 5.91 Å². The van der Waals surface area contributed by atoms with E-state index in [1.807, 2.05) is 12.1 Å². The number of aryl methyl sites for hydroxylation is 1. The second-order valence-corrected chi connectivity index (χ2v) is 6.59. The molecule has 0 spiro atoms. The standard InChI is InChI=1S/C12H10Br3N3O/c1-18-5-7(16)4-10(18)12(19)17-11-8(14)2-6(13)3-9(11)15/h2-5H,16H2,1H3,(H,17,19). The van der Waals surface area contributed by atoms with Gasteiger partial charge in [-0.15, -0.1) is 0 Å². The third-order valence-corrected chi connectivity index (χ3v) is 4.21. The van der Waals surface area contributed by atoms with Crippen molar-refractivity contribution in [3.05, 3.63) is 43.5 Å². The van der Waals surface area contributed by atoms with Crippen molar-refractivity contribution >= 4 is 65.1 Å². The van der Waals surface area contributed by atoms with Gasteiger partial charge in [0.15, 0.2) is 0 Å². The molecule has 1 aromatic heterocycles. The number of carbonyl (C=O) groups excluding carboxylic acids is 1. The van der Waals surface area contributed by atoms with Crippen LogP contribution in [-0.2, 0) is 7.05 Å². The molecule has 0 atom stereocenters. The Morgan fingerprint density at radius 1 is 1.21 bits per heavy atom. The van der Waals surface area contributed by atoms with Gasteiger partial charge in [0.05, 0.1) is 11.4 Å². The Balaban J connectivity index is 2.32. The van der Waals surface area contributed by atoms with Gasteiger partial charge in [-0.25, -0.2) is 0 Å². The van der Waals surface area contributed by atoms with E-state index in [9.17, 15) is 4.79 Å². The van der Waals surface area contributed by atoms with Gasteiger partial charge < -0.3 is 15.6 Å². The van der Waals surface area contributed by atoms with E-state index in [0.29, 0.717) is 17.1 Å². The minimum atomic E-state index is -0.220. The minimum absolute atomic E-state index is 0.220. The number of carbonyl (C=O) groups is 1. The Morgan fingerprint density at radius 3 is 2.26 bits per heavy atom. The molecule has 0 aliphatic heterocycles. The number of hydrogen-bond acceptors (Lipinski definition) is 2. The van der Waals surface area contributed by atoms with Gasteiger partial charge in [0.1, 0.15) is 5.69 Å². The summed E-state index contributed by atoms with van der Waals surface area (Å²) in [6.45, 7) is 0. The van der Waals surface area contributed by atoms with E-state index >= 15 is 0 Å². The molecule has 0 aliphatic carbocycles. The first-order valence-corrected chi connectivity index (χ1v) is 7.64. The molecule has 1 amide bonds. The molecule has 0 fully saturated rings. The van der Waals surface area contributed by atoms with Gasteiger partial charge in [-0.05, 0) is 50.1 Å². The smallest absolute Gasteiger partial charge is 0.272 e. The fraction of sp³-hybridized carbons (Fsp3) is 0.0833. The average Bonchev–Trinajstić information content (AvgIpc) is 2.62. The summed E-state index contributed by atoms with van der Waals surface area (Å²) in [6.07, 6.45) is 1.70. The number of nitrogens with one attached hydrogen (secondary N) is 1. The number of hydrogen-bond donors (Lipinski definition) is 2. The molecule has 19 heavy (non-hydrogen) atoms. The van der Waals surface area contributed by atoms with Crippen LogP contribution < -0.4 is 11.1 Å². The molecular formula is C12H10Br3N3O. The molecule has 4 nitrogen and oxygen atoms in total. The SMILES string of the molecule is Cn1cc(N)cc1C(=O)Nc1c(Br)cc(Br)cc1Br. The summed E-state index contributed by atoms with van der Waals surface area (Å²) in [7, 11) is 1.77. The Bertz CT molecular complexity index is 629. The Hall–Kier alpha value is -0.790. The average molecular weight is 452 g/mol. The predicted octanol–water partition coefficient (Wildman–Crippen LogP) is 4.15. The second-order valence-electron chi connectivity index (χ2n) is 3.97. The molecule has 1 heterocycles. The molecule has 0 aliphatic rings. The van der Waals surface area contributed by atoms with Crippen molar-refractivity contribution in [1.29, 1.82) is 0 Å². The first-order valence-electron chi connectivity index (χ1n) is 5.26. The van der Waals surface area contributed by atoms with Gasteiger partial charge in [-0.2, -0.15) is 0 Å². The summed E-state index contributed by atoms with van der Waals surface area (Å²) < 4.78 is 4.16. The summed E-state index contributed by atoms with van der Waals surface area (Å²) in [6, 6.07) is 5.36. The zero-order chi connectivity index (χ0) is 14.2. The lowest BCUT2D eigenvalue weighted by Gasteiger charge is -2.10. The maximum absolute atomic E-state index is 12.2. The van der Waals surface area contributed by atoms with Crippen LogP contribution in [0.5, 0.6) is 0 Å². The number of rotatable bonds is 2. The number of benzene rings is 1. The largest absolute Gasteiger partial charge is 0.397 e. The summed E-state index contributed by atoms with van der Waals surface area (Å²) >= 11 is 10.2. The normalized spacial score (nSPS) is 10.5. The van der Waals surface area contributed by atoms with Crippen LogP contribution in [-0.4, -0.2) is 10.5 Å². The third kappa shape index (κ3) is 3.21. The van der Waals surface area contributed by atoms with Crippen LogP contribution in [0.1, 0.15) is 10.5 Å². The van der Waals surface area contributed by atoms with Gasteiger partial charge in [0, 0.05) is 26.7 Å². The second kappa shape index (κ2) is 5.68. The zero-order valence-electron chi connectivity index (χ0n) is 9.88. The molecule has 0 saturated heterocycles. The topological polar surface area (TPSA) is 60.0 Å². The first kappa shape index (κ1) is 14.6. The summed E-state index contributed by atoms with van der Waals surface area (Å²) in [5, 5.41) is 2.85. The van der Waals surface area contributed by atoms with E-state index in [4.69, 9.17) is 5.73 Å². The minimum Gasteiger partial charge on any atom is -0.397 e. The van der Waals surface area contributed by atoms with Crippen LogP contribution in [0.4, 0.5) is 11.4 Å². The molecule has 0 saturated carbocycles. The van der Waals surface area contributed by atoms with Gasteiger partial charge in [-0.3, -0.25) is 4.79 Å². The van der Waals surface area contributed by atoms with Crippen molar-refractivity contribution in [2.24, 2.45) is 7.05 Å². The number of halogens is 3. The van der Waals surface area contributed by atoms with Crippen LogP contribution in [0.2, 0.25) is 0 Å². The highest BCUT2D eigenvalue weighted by Crippen LogP contribution is 2.34. The summed E-state index contributed by atoms with van der Waals surface area (Å²) in [5.74, 6) is -0.220. The van der Waals surface area contributed by atoms with Gasteiger partial charge in [0.2, 0.25) is 0 Å². The van der Waals surface area contributed by atoms with Crippen molar-refractivity contribution in [1.82, 2.24) is 4.57 Å².